The van der Waals surface area contributed by atoms with Crippen LogP contribution >= 0.6 is 0 Å². The first-order valence-corrected chi connectivity index (χ1v) is 6.93. The molecule has 0 aliphatic rings. The minimum atomic E-state index is 0.611. The largest absolute Gasteiger partial charge is 0.368 e. The minimum Gasteiger partial charge on any atom is -0.368 e. The van der Waals surface area contributed by atoms with Crippen LogP contribution in [-0.2, 0) is 0 Å². The maximum absolute atomic E-state index is 4.51. The predicted molar refractivity (Wildman–Crippen MR) is 78.4 cm³/mol. The Hall–Kier alpha value is -1.85. The summed E-state index contributed by atoms with van der Waals surface area (Å²) in [5.41, 5.74) is 1.56. The van der Waals surface area contributed by atoms with Crippen LogP contribution in [0, 0.1) is 5.92 Å². The SMILES string of the molecule is CCCNc1nc(NCC(C)CC)c2[nH]cnc2n1. The molecule has 6 nitrogen and oxygen atoms in total. The molecular weight excluding hydrogens is 240 g/mol. The first kappa shape index (κ1) is 13.6. The van der Waals surface area contributed by atoms with E-state index in [1.807, 2.05) is 0 Å². The molecule has 2 aromatic heterocycles. The van der Waals surface area contributed by atoms with Crippen molar-refractivity contribution in [1.29, 1.82) is 0 Å². The number of hydrogen-bond acceptors (Lipinski definition) is 5. The van der Waals surface area contributed by atoms with Crippen LogP contribution in [0.2, 0.25) is 0 Å². The van der Waals surface area contributed by atoms with Crippen LogP contribution in [0.1, 0.15) is 33.6 Å². The standard InChI is InChI=1S/C13H22N6/c1-4-6-14-13-18-11(15-7-9(3)5-2)10-12(19-13)17-8-16-10/h8-9H,4-7H2,1-3H3,(H3,14,15,16,17,18,19). The van der Waals surface area contributed by atoms with Crippen molar-refractivity contribution < 1.29 is 0 Å². The highest BCUT2D eigenvalue weighted by Gasteiger charge is 2.10. The third kappa shape index (κ3) is 3.33. The van der Waals surface area contributed by atoms with Crippen molar-refractivity contribution >= 4 is 22.9 Å². The molecule has 0 aliphatic carbocycles. The molecule has 3 N–H and O–H groups in total. The van der Waals surface area contributed by atoms with Crippen LogP contribution in [0.25, 0.3) is 11.2 Å². The predicted octanol–water partition coefficient (Wildman–Crippen LogP) is 2.63. The molecule has 104 valence electrons. The molecule has 0 saturated carbocycles. The summed E-state index contributed by atoms with van der Waals surface area (Å²) >= 11 is 0. The first-order valence-electron chi connectivity index (χ1n) is 6.93. The second-order valence-corrected chi connectivity index (χ2v) is 4.82. The van der Waals surface area contributed by atoms with Crippen LogP contribution in [-0.4, -0.2) is 33.0 Å². The number of fused-ring (bicyclic) bond motifs is 1. The Kier molecular flexibility index (Phi) is 4.54. The van der Waals surface area contributed by atoms with Gasteiger partial charge in [-0.3, -0.25) is 0 Å². The Labute approximate surface area is 113 Å². The lowest BCUT2D eigenvalue weighted by Gasteiger charge is -2.12. The summed E-state index contributed by atoms with van der Waals surface area (Å²) in [6, 6.07) is 0. The van der Waals surface area contributed by atoms with Gasteiger partial charge in [0.1, 0.15) is 5.52 Å². The van der Waals surface area contributed by atoms with E-state index in [9.17, 15) is 0 Å². The molecule has 1 atom stereocenters. The molecular formula is C13H22N6. The van der Waals surface area contributed by atoms with Crippen molar-refractivity contribution in [2.75, 3.05) is 23.7 Å². The van der Waals surface area contributed by atoms with Gasteiger partial charge in [0.05, 0.1) is 6.33 Å². The van der Waals surface area contributed by atoms with E-state index in [2.05, 4.69) is 51.3 Å². The summed E-state index contributed by atoms with van der Waals surface area (Å²) in [4.78, 5) is 16.2. The van der Waals surface area contributed by atoms with Crippen LogP contribution < -0.4 is 10.6 Å². The zero-order valence-electron chi connectivity index (χ0n) is 11.8. The van der Waals surface area contributed by atoms with Gasteiger partial charge in [-0.05, 0) is 12.3 Å². The number of H-pyrrole nitrogens is 1. The average Bonchev–Trinajstić information content (AvgIpc) is 2.90. The summed E-state index contributed by atoms with van der Waals surface area (Å²) in [5.74, 6) is 2.06. The van der Waals surface area contributed by atoms with Crippen molar-refractivity contribution in [2.45, 2.75) is 33.6 Å². The van der Waals surface area contributed by atoms with E-state index < -0.39 is 0 Å². The van der Waals surface area contributed by atoms with Gasteiger partial charge in [-0.2, -0.15) is 9.97 Å². The van der Waals surface area contributed by atoms with E-state index in [0.717, 1.165) is 37.3 Å². The highest BCUT2D eigenvalue weighted by atomic mass is 15.2. The highest BCUT2D eigenvalue weighted by Crippen LogP contribution is 2.19. The molecule has 0 fully saturated rings. The zero-order valence-corrected chi connectivity index (χ0v) is 11.8. The van der Waals surface area contributed by atoms with Crippen LogP contribution in [0.15, 0.2) is 6.33 Å². The molecule has 2 rings (SSSR count). The van der Waals surface area contributed by atoms with E-state index in [-0.39, 0.29) is 0 Å². The number of rotatable bonds is 7. The lowest BCUT2D eigenvalue weighted by Crippen LogP contribution is -2.13. The smallest absolute Gasteiger partial charge is 0.226 e. The maximum atomic E-state index is 4.51. The van der Waals surface area contributed by atoms with E-state index in [1.54, 1.807) is 6.33 Å². The zero-order chi connectivity index (χ0) is 13.7. The van der Waals surface area contributed by atoms with Gasteiger partial charge in [0.2, 0.25) is 5.95 Å². The van der Waals surface area contributed by atoms with Gasteiger partial charge in [-0.15, -0.1) is 0 Å². The van der Waals surface area contributed by atoms with Crippen molar-refractivity contribution in [3.63, 3.8) is 0 Å². The van der Waals surface area contributed by atoms with E-state index in [4.69, 9.17) is 0 Å². The van der Waals surface area contributed by atoms with E-state index >= 15 is 0 Å². The Bertz CT molecular complexity index is 521. The summed E-state index contributed by atoms with van der Waals surface area (Å²) in [6.45, 7) is 8.28. The Morgan fingerprint density at radius 2 is 2.11 bits per heavy atom. The summed E-state index contributed by atoms with van der Waals surface area (Å²) in [5, 5.41) is 6.58. The third-order valence-electron chi connectivity index (χ3n) is 3.13. The van der Waals surface area contributed by atoms with Crippen LogP contribution in [0.4, 0.5) is 11.8 Å². The molecule has 1 unspecified atom stereocenters. The van der Waals surface area contributed by atoms with Crippen LogP contribution in [0.3, 0.4) is 0 Å². The van der Waals surface area contributed by atoms with E-state index in [1.165, 1.54) is 0 Å². The third-order valence-corrected chi connectivity index (χ3v) is 3.13. The normalized spacial score (nSPS) is 12.6. The van der Waals surface area contributed by atoms with Gasteiger partial charge in [-0.1, -0.05) is 27.2 Å². The lowest BCUT2D eigenvalue weighted by atomic mass is 10.1. The molecule has 0 bridgehead atoms. The second-order valence-electron chi connectivity index (χ2n) is 4.82. The molecule has 0 saturated heterocycles. The molecule has 0 aliphatic heterocycles. The molecule has 2 heterocycles. The molecule has 2 aromatic rings. The number of nitrogens with zero attached hydrogens (tertiary/aromatic N) is 3. The van der Waals surface area contributed by atoms with Gasteiger partial charge >= 0.3 is 0 Å². The summed E-state index contributed by atoms with van der Waals surface area (Å²) < 4.78 is 0. The first-order chi connectivity index (χ1) is 9.24. The minimum absolute atomic E-state index is 0.611. The average molecular weight is 262 g/mol. The quantitative estimate of drug-likeness (QED) is 0.715. The molecule has 6 heteroatoms. The van der Waals surface area contributed by atoms with Gasteiger partial charge in [0.15, 0.2) is 11.5 Å². The molecule has 19 heavy (non-hydrogen) atoms. The summed E-state index contributed by atoms with van der Waals surface area (Å²) in [6.07, 6.45) is 3.83. The Morgan fingerprint density at radius 1 is 1.26 bits per heavy atom. The number of nitrogens with one attached hydrogen (secondary N) is 3. The number of imidazole rings is 1. The fourth-order valence-electron chi connectivity index (χ4n) is 1.69. The van der Waals surface area contributed by atoms with Crippen molar-refractivity contribution in [3.05, 3.63) is 6.33 Å². The molecule has 0 aromatic carbocycles. The van der Waals surface area contributed by atoms with Gasteiger partial charge in [0.25, 0.3) is 0 Å². The van der Waals surface area contributed by atoms with Crippen LogP contribution in [0.5, 0.6) is 0 Å². The fraction of sp³-hybridized carbons (Fsp3) is 0.615. The van der Waals surface area contributed by atoms with E-state index in [0.29, 0.717) is 17.5 Å². The summed E-state index contributed by atoms with van der Waals surface area (Å²) in [7, 11) is 0. The Balaban J connectivity index is 2.21. The topological polar surface area (TPSA) is 78.5 Å². The van der Waals surface area contributed by atoms with Crippen molar-refractivity contribution in [3.8, 4) is 0 Å². The highest BCUT2D eigenvalue weighted by molar-refractivity contribution is 5.83. The van der Waals surface area contributed by atoms with Gasteiger partial charge in [0, 0.05) is 13.1 Å². The second kappa shape index (κ2) is 6.36. The van der Waals surface area contributed by atoms with Crippen molar-refractivity contribution in [1.82, 2.24) is 19.9 Å². The maximum Gasteiger partial charge on any atom is 0.226 e. The van der Waals surface area contributed by atoms with Gasteiger partial charge in [-0.25, -0.2) is 4.98 Å². The lowest BCUT2D eigenvalue weighted by molar-refractivity contribution is 0.593. The fourth-order valence-corrected chi connectivity index (χ4v) is 1.69. The number of aromatic amines is 1. The van der Waals surface area contributed by atoms with Gasteiger partial charge < -0.3 is 15.6 Å². The molecule has 0 amide bonds. The number of hydrogen-bond donors (Lipinski definition) is 3. The van der Waals surface area contributed by atoms with Crippen molar-refractivity contribution in [2.24, 2.45) is 5.92 Å². The monoisotopic (exact) mass is 262 g/mol. The number of anilines is 2. The molecule has 0 radical (unpaired) electrons. The number of aromatic nitrogens is 4. The Morgan fingerprint density at radius 3 is 2.84 bits per heavy atom. The molecule has 0 spiro atoms.